The number of hydrogen-bond acceptors (Lipinski definition) is 0. The number of allylic oxidation sites excluding steroid dienone is 8. The van der Waals surface area contributed by atoms with Crippen LogP contribution in [0.5, 0.6) is 0 Å². The summed E-state index contributed by atoms with van der Waals surface area (Å²) in [5, 5.41) is 0. The van der Waals surface area contributed by atoms with Gasteiger partial charge < -0.3 is 0 Å². The van der Waals surface area contributed by atoms with Crippen molar-refractivity contribution < 1.29 is 0 Å². The first-order valence-electron chi connectivity index (χ1n) is 4.12. The maximum absolute atomic E-state index is 3.62. The Morgan fingerprint density at radius 3 is 1.42 bits per heavy atom. The largest absolute Gasteiger partial charge is 0.103 e. The molecule has 0 aliphatic heterocycles. The van der Waals surface area contributed by atoms with Gasteiger partial charge in [0.1, 0.15) is 0 Å². The predicted molar refractivity (Wildman–Crippen MR) is 57.0 cm³/mol. The van der Waals surface area contributed by atoms with Gasteiger partial charge in [0.2, 0.25) is 0 Å². The smallest absolute Gasteiger partial charge is 0.0169 e. The highest BCUT2D eigenvalue weighted by molar-refractivity contribution is 5.12. The monoisotopic (exact) mass is 160 g/mol. The first-order chi connectivity index (χ1) is 5.91. The molecule has 0 nitrogen and oxygen atoms in total. The van der Waals surface area contributed by atoms with E-state index in [1.165, 1.54) is 0 Å². The van der Waals surface area contributed by atoms with Crippen molar-refractivity contribution in [1.29, 1.82) is 0 Å². The van der Waals surface area contributed by atoms with E-state index in [4.69, 9.17) is 0 Å². The standard InChI is InChI=1S/C12H16/c1-3-5-7-9-11-12-10-8-6-4-2/h3-4,7-12H,1-2,5-6H2. The Morgan fingerprint density at radius 1 is 0.667 bits per heavy atom. The molecule has 0 unspecified atom stereocenters. The highest BCUT2D eigenvalue weighted by atomic mass is 13.7. The Labute approximate surface area is 75.3 Å². The van der Waals surface area contributed by atoms with Crippen LogP contribution in [-0.2, 0) is 0 Å². The molecule has 0 saturated carbocycles. The van der Waals surface area contributed by atoms with E-state index in [2.05, 4.69) is 25.3 Å². The predicted octanol–water partition coefficient (Wildman–Crippen LogP) is 3.81. The third kappa shape index (κ3) is 8.70. The van der Waals surface area contributed by atoms with E-state index < -0.39 is 0 Å². The second-order valence-corrected chi connectivity index (χ2v) is 2.29. The Balaban J connectivity index is 3.47. The minimum Gasteiger partial charge on any atom is -0.103 e. The van der Waals surface area contributed by atoms with E-state index in [1.54, 1.807) is 0 Å². The van der Waals surface area contributed by atoms with Crippen molar-refractivity contribution in [3.63, 3.8) is 0 Å². The molecule has 0 fully saturated rings. The maximum Gasteiger partial charge on any atom is -0.0169 e. The molecular weight excluding hydrogens is 144 g/mol. The molecule has 64 valence electrons. The SMILES string of the molecule is C=CCC=CC=CC=CCC=C. The molecule has 0 aliphatic carbocycles. The van der Waals surface area contributed by atoms with Crippen molar-refractivity contribution in [2.45, 2.75) is 12.8 Å². The summed E-state index contributed by atoms with van der Waals surface area (Å²) in [5.41, 5.74) is 0. The minimum atomic E-state index is 0.931. The van der Waals surface area contributed by atoms with Crippen molar-refractivity contribution in [1.82, 2.24) is 0 Å². The van der Waals surface area contributed by atoms with Gasteiger partial charge in [0, 0.05) is 0 Å². The fraction of sp³-hybridized carbons (Fsp3) is 0.167. The average molecular weight is 160 g/mol. The molecule has 0 radical (unpaired) electrons. The molecule has 0 aromatic heterocycles. The van der Waals surface area contributed by atoms with E-state index in [-0.39, 0.29) is 0 Å². The van der Waals surface area contributed by atoms with Gasteiger partial charge in [0.05, 0.1) is 0 Å². The quantitative estimate of drug-likeness (QED) is 0.409. The maximum atomic E-state index is 3.62. The highest BCUT2D eigenvalue weighted by Crippen LogP contribution is 1.87. The zero-order chi connectivity index (χ0) is 9.07. The van der Waals surface area contributed by atoms with Gasteiger partial charge in [-0.25, -0.2) is 0 Å². The van der Waals surface area contributed by atoms with Gasteiger partial charge >= 0.3 is 0 Å². The molecule has 0 heteroatoms. The molecule has 0 saturated heterocycles. The molecule has 0 rings (SSSR count). The Bertz CT molecular complexity index is 170. The van der Waals surface area contributed by atoms with Crippen molar-refractivity contribution >= 4 is 0 Å². The first kappa shape index (κ1) is 10.7. The molecule has 0 aromatic rings. The summed E-state index contributed by atoms with van der Waals surface area (Å²) in [7, 11) is 0. The van der Waals surface area contributed by atoms with Crippen LogP contribution in [0.1, 0.15) is 12.8 Å². The Morgan fingerprint density at radius 2 is 1.08 bits per heavy atom. The summed E-state index contributed by atoms with van der Waals surface area (Å²) in [6.45, 7) is 7.24. The topological polar surface area (TPSA) is 0 Å². The van der Waals surface area contributed by atoms with E-state index in [9.17, 15) is 0 Å². The summed E-state index contributed by atoms with van der Waals surface area (Å²) in [6.07, 6.45) is 17.8. The first-order valence-corrected chi connectivity index (χ1v) is 4.12. The lowest BCUT2D eigenvalue weighted by atomic mass is 10.3. The van der Waals surface area contributed by atoms with E-state index in [0.29, 0.717) is 0 Å². The van der Waals surface area contributed by atoms with Crippen LogP contribution in [0.15, 0.2) is 61.8 Å². The zero-order valence-electron chi connectivity index (χ0n) is 7.45. The van der Waals surface area contributed by atoms with Crippen LogP contribution in [0.3, 0.4) is 0 Å². The fourth-order valence-corrected chi connectivity index (χ4v) is 0.635. The van der Waals surface area contributed by atoms with Gasteiger partial charge in [-0.3, -0.25) is 0 Å². The summed E-state index contributed by atoms with van der Waals surface area (Å²) in [5.74, 6) is 0. The molecule has 12 heavy (non-hydrogen) atoms. The Hall–Kier alpha value is -1.30. The summed E-state index contributed by atoms with van der Waals surface area (Å²) in [4.78, 5) is 0. The lowest BCUT2D eigenvalue weighted by Crippen LogP contribution is -1.55. The molecule has 0 aliphatic rings. The highest BCUT2D eigenvalue weighted by Gasteiger charge is 1.65. The van der Waals surface area contributed by atoms with Crippen LogP contribution in [0, 0.1) is 0 Å². The molecular formula is C12H16. The van der Waals surface area contributed by atoms with Crippen LogP contribution >= 0.6 is 0 Å². The van der Waals surface area contributed by atoms with Crippen molar-refractivity contribution in [3.05, 3.63) is 61.8 Å². The number of rotatable bonds is 6. The van der Waals surface area contributed by atoms with Gasteiger partial charge in [0.15, 0.2) is 0 Å². The van der Waals surface area contributed by atoms with E-state index >= 15 is 0 Å². The lowest BCUT2D eigenvalue weighted by Gasteiger charge is -1.77. The molecule has 0 bridgehead atoms. The third-order valence-electron chi connectivity index (χ3n) is 1.21. The Kier molecular flexibility index (Phi) is 8.65. The summed E-state index contributed by atoms with van der Waals surface area (Å²) < 4.78 is 0. The summed E-state index contributed by atoms with van der Waals surface area (Å²) >= 11 is 0. The molecule has 0 N–H and O–H groups in total. The fourth-order valence-electron chi connectivity index (χ4n) is 0.635. The van der Waals surface area contributed by atoms with Crippen LogP contribution in [0.4, 0.5) is 0 Å². The lowest BCUT2D eigenvalue weighted by molar-refractivity contribution is 1.40. The average Bonchev–Trinajstić information content (AvgIpc) is 2.10. The van der Waals surface area contributed by atoms with Crippen LogP contribution in [0.2, 0.25) is 0 Å². The molecule has 0 heterocycles. The number of hydrogen-bond donors (Lipinski definition) is 0. The van der Waals surface area contributed by atoms with E-state index in [1.807, 2.05) is 36.5 Å². The third-order valence-corrected chi connectivity index (χ3v) is 1.21. The zero-order valence-corrected chi connectivity index (χ0v) is 7.45. The van der Waals surface area contributed by atoms with Gasteiger partial charge in [-0.15, -0.1) is 13.2 Å². The second-order valence-electron chi connectivity index (χ2n) is 2.29. The molecule has 0 amide bonds. The van der Waals surface area contributed by atoms with Gasteiger partial charge in [-0.2, -0.15) is 0 Å². The van der Waals surface area contributed by atoms with Gasteiger partial charge in [0.25, 0.3) is 0 Å². The second kappa shape index (κ2) is 9.70. The van der Waals surface area contributed by atoms with Crippen LogP contribution < -0.4 is 0 Å². The normalized spacial score (nSPS) is 11.7. The van der Waals surface area contributed by atoms with Gasteiger partial charge in [-0.05, 0) is 12.8 Å². The summed E-state index contributed by atoms with van der Waals surface area (Å²) in [6, 6.07) is 0. The molecule has 0 aromatic carbocycles. The van der Waals surface area contributed by atoms with Crippen molar-refractivity contribution in [2.24, 2.45) is 0 Å². The van der Waals surface area contributed by atoms with Crippen LogP contribution in [-0.4, -0.2) is 0 Å². The van der Waals surface area contributed by atoms with Crippen molar-refractivity contribution in [3.8, 4) is 0 Å². The minimum absolute atomic E-state index is 0.931. The van der Waals surface area contributed by atoms with Gasteiger partial charge in [-0.1, -0.05) is 48.6 Å². The van der Waals surface area contributed by atoms with E-state index in [0.717, 1.165) is 12.8 Å². The van der Waals surface area contributed by atoms with Crippen molar-refractivity contribution in [2.75, 3.05) is 0 Å². The molecule has 0 spiro atoms. The van der Waals surface area contributed by atoms with Crippen LogP contribution in [0.25, 0.3) is 0 Å². The molecule has 0 atom stereocenters.